The maximum absolute atomic E-state index is 12.4. The Morgan fingerprint density at radius 2 is 1.80 bits per heavy atom. The summed E-state index contributed by atoms with van der Waals surface area (Å²) in [6.07, 6.45) is 5.12. The molecule has 1 aromatic heterocycles. The molecule has 4 atom stereocenters. The van der Waals surface area contributed by atoms with E-state index < -0.39 is 5.97 Å². The maximum Gasteiger partial charge on any atom is 0.316 e. The van der Waals surface area contributed by atoms with Crippen LogP contribution in [-0.4, -0.2) is 45.0 Å². The van der Waals surface area contributed by atoms with Crippen molar-refractivity contribution in [1.29, 1.82) is 0 Å². The van der Waals surface area contributed by atoms with Crippen LogP contribution in [0.5, 0.6) is 0 Å². The summed E-state index contributed by atoms with van der Waals surface area (Å²) < 4.78 is 7.19. The fourth-order valence-corrected chi connectivity index (χ4v) is 6.32. The van der Waals surface area contributed by atoms with Gasteiger partial charge in [0.05, 0.1) is 5.75 Å². The van der Waals surface area contributed by atoms with Gasteiger partial charge in [0.15, 0.2) is 17.6 Å². The van der Waals surface area contributed by atoms with Crippen LogP contribution in [0.4, 0.5) is 0 Å². The summed E-state index contributed by atoms with van der Waals surface area (Å²) >= 11 is 1.24. The molecule has 0 spiro atoms. The number of para-hydroxylation sites is 1. The van der Waals surface area contributed by atoms with Crippen molar-refractivity contribution in [3.8, 4) is 17.1 Å². The topological polar surface area (TPSA) is 86.1 Å². The van der Waals surface area contributed by atoms with Gasteiger partial charge < -0.3 is 10.1 Å². The summed E-state index contributed by atoms with van der Waals surface area (Å²) in [5.74, 6) is 2.15. The molecule has 1 amide bonds. The van der Waals surface area contributed by atoms with E-state index in [1.807, 2.05) is 65.2 Å². The number of carbonyl (C=O) groups is 2. The van der Waals surface area contributed by atoms with E-state index in [4.69, 9.17) is 4.74 Å². The first-order valence-corrected chi connectivity index (χ1v) is 13.2. The van der Waals surface area contributed by atoms with Crippen molar-refractivity contribution in [2.24, 2.45) is 17.8 Å². The molecule has 2 fully saturated rings. The molecule has 2 saturated carbocycles. The number of amides is 1. The number of nitrogens with one attached hydrogen (secondary N) is 1. The maximum atomic E-state index is 12.4. The third-order valence-electron chi connectivity index (χ3n) is 7.19. The fraction of sp³-hybridized carbons (Fsp3) is 0.407. The fourth-order valence-electron chi connectivity index (χ4n) is 5.57. The van der Waals surface area contributed by atoms with Gasteiger partial charge in [-0.05, 0) is 56.1 Å². The highest BCUT2D eigenvalue weighted by Crippen LogP contribution is 2.49. The zero-order chi connectivity index (χ0) is 24.2. The molecule has 0 aliphatic heterocycles. The lowest BCUT2D eigenvalue weighted by Crippen LogP contribution is -2.42. The summed E-state index contributed by atoms with van der Waals surface area (Å²) in [6, 6.07) is 19.7. The van der Waals surface area contributed by atoms with E-state index in [0.29, 0.717) is 16.9 Å². The number of esters is 1. The molecule has 8 heteroatoms. The van der Waals surface area contributed by atoms with Crippen LogP contribution < -0.4 is 5.32 Å². The average Bonchev–Trinajstić information content (AvgIpc) is 3.63. The van der Waals surface area contributed by atoms with Gasteiger partial charge in [0.2, 0.25) is 0 Å². The molecule has 3 aromatic rings. The Labute approximate surface area is 209 Å². The minimum Gasteiger partial charge on any atom is -0.455 e. The molecule has 1 N–H and O–H groups in total. The zero-order valence-electron chi connectivity index (χ0n) is 19.8. The third kappa shape index (κ3) is 5.42. The summed E-state index contributed by atoms with van der Waals surface area (Å²) in [6.45, 7) is 1.81. The Kier molecular flexibility index (Phi) is 7.18. The van der Waals surface area contributed by atoms with Crippen LogP contribution >= 0.6 is 11.8 Å². The zero-order valence-corrected chi connectivity index (χ0v) is 20.6. The summed E-state index contributed by atoms with van der Waals surface area (Å²) in [5.41, 5.74) is 1.83. The highest BCUT2D eigenvalue weighted by Gasteiger charge is 2.42. The molecule has 0 saturated heterocycles. The van der Waals surface area contributed by atoms with Gasteiger partial charge in [-0.3, -0.25) is 14.2 Å². The number of fused-ring (bicyclic) bond motifs is 2. The van der Waals surface area contributed by atoms with Crippen molar-refractivity contribution in [2.45, 2.75) is 43.8 Å². The molecule has 4 unspecified atom stereocenters. The number of rotatable bonds is 9. The second kappa shape index (κ2) is 10.6. The molecule has 2 aromatic carbocycles. The van der Waals surface area contributed by atoms with E-state index in [9.17, 15) is 9.59 Å². The van der Waals surface area contributed by atoms with Crippen molar-refractivity contribution < 1.29 is 14.3 Å². The Hall–Kier alpha value is -3.13. The SMILES string of the molecule is CC(NC(=O)COC(=O)CSc1nnc(-c2ccccc2)n1-c1ccccc1)C1CC2CCC1C2. The van der Waals surface area contributed by atoms with Crippen molar-refractivity contribution in [3.63, 3.8) is 0 Å². The lowest BCUT2D eigenvalue weighted by Gasteiger charge is -2.28. The van der Waals surface area contributed by atoms with E-state index in [2.05, 4.69) is 22.4 Å². The monoisotopic (exact) mass is 490 g/mol. The predicted molar refractivity (Wildman–Crippen MR) is 135 cm³/mol. The molecular formula is C27H30N4O3S. The first kappa shape index (κ1) is 23.6. The van der Waals surface area contributed by atoms with E-state index in [1.165, 1.54) is 37.4 Å². The van der Waals surface area contributed by atoms with Gasteiger partial charge >= 0.3 is 5.97 Å². The number of carbonyl (C=O) groups excluding carboxylic acids is 2. The van der Waals surface area contributed by atoms with Crippen LogP contribution in [0, 0.1) is 17.8 Å². The van der Waals surface area contributed by atoms with E-state index in [1.54, 1.807) is 0 Å². The minimum atomic E-state index is -0.457. The Morgan fingerprint density at radius 1 is 1.06 bits per heavy atom. The lowest BCUT2D eigenvalue weighted by molar-refractivity contribution is -0.146. The number of ether oxygens (including phenoxy) is 1. The molecule has 2 aliphatic carbocycles. The smallest absolute Gasteiger partial charge is 0.316 e. The van der Waals surface area contributed by atoms with Gasteiger partial charge in [0.1, 0.15) is 0 Å². The van der Waals surface area contributed by atoms with Crippen LogP contribution in [-0.2, 0) is 14.3 Å². The molecule has 2 bridgehead atoms. The Morgan fingerprint density at radius 3 is 2.49 bits per heavy atom. The van der Waals surface area contributed by atoms with Crippen molar-refractivity contribution in [3.05, 3.63) is 60.7 Å². The number of benzene rings is 2. The molecule has 0 radical (unpaired) electrons. The largest absolute Gasteiger partial charge is 0.455 e. The molecule has 5 rings (SSSR count). The molecule has 1 heterocycles. The van der Waals surface area contributed by atoms with Crippen LogP contribution in [0.3, 0.4) is 0 Å². The van der Waals surface area contributed by atoms with E-state index in [-0.39, 0.29) is 24.3 Å². The van der Waals surface area contributed by atoms with Gasteiger partial charge in [0, 0.05) is 17.3 Å². The number of nitrogens with zero attached hydrogens (tertiary/aromatic N) is 3. The van der Waals surface area contributed by atoms with Gasteiger partial charge in [0.25, 0.3) is 5.91 Å². The van der Waals surface area contributed by atoms with Crippen LogP contribution in [0.2, 0.25) is 0 Å². The summed E-state index contributed by atoms with van der Waals surface area (Å²) in [7, 11) is 0. The Bertz CT molecular complexity index is 1170. The van der Waals surface area contributed by atoms with Gasteiger partial charge in [-0.1, -0.05) is 66.7 Å². The van der Waals surface area contributed by atoms with Gasteiger partial charge in [-0.2, -0.15) is 0 Å². The lowest BCUT2D eigenvalue weighted by atomic mass is 9.84. The van der Waals surface area contributed by atoms with Gasteiger partial charge in [-0.25, -0.2) is 0 Å². The minimum absolute atomic E-state index is 0.0367. The highest BCUT2D eigenvalue weighted by atomic mass is 32.2. The molecule has 35 heavy (non-hydrogen) atoms. The quantitative estimate of drug-likeness (QED) is 0.351. The van der Waals surface area contributed by atoms with Crippen molar-refractivity contribution in [2.75, 3.05) is 12.4 Å². The molecule has 7 nitrogen and oxygen atoms in total. The van der Waals surface area contributed by atoms with Crippen molar-refractivity contribution in [1.82, 2.24) is 20.1 Å². The third-order valence-corrected chi connectivity index (χ3v) is 8.09. The predicted octanol–water partition coefficient (Wildman–Crippen LogP) is 4.51. The standard InChI is InChI=1S/C27H30N4O3S/c1-18(23-15-19-12-13-21(23)14-19)28-24(32)16-34-25(33)17-35-27-30-29-26(20-8-4-2-5-9-20)31(27)22-10-6-3-7-11-22/h2-11,18-19,21,23H,12-17H2,1H3,(H,28,32). The second-order valence-electron chi connectivity index (χ2n) is 9.49. The molecular weight excluding hydrogens is 460 g/mol. The molecule has 182 valence electrons. The highest BCUT2D eigenvalue weighted by molar-refractivity contribution is 7.99. The second-order valence-corrected chi connectivity index (χ2v) is 10.4. The van der Waals surface area contributed by atoms with Crippen LogP contribution in [0.15, 0.2) is 65.8 Å². The number of thioether (sulfide) groups is 1. The number of hydrogen-bond acceptors (Lipinski definition) is 6. The Balaban J connectivity index is 1.17. The van der Waals surface area contributed by atoms with Crippen molar-refractivity contribution >= 4 is 23.6 Å². The number of aromatic nitrogens is 3. The van der Waals surface area contributed by atoms with Crippen LogP contribution in [0.1, 0.15) is 32.6 Å². The average molecular weight is 491 g/mol. The van der Waals surface area contributed by atoms with E-state index >= 15 is 0 Å². The first-order valence-electron chi connectivity index (χ1n) is 12.2. The number of hydrogen-bond donors (Lipinski definition) is 1. The summed E-state index contributed by atoms with van der Waals surface area (Å²) in [5, 5.41) is 12.3. The van der Waals surface area contributed by atoms with E-state index in [0.717, 1.165) is 23.1 Å². The first-order chi connectivity index (χ1) is 17.1. The normalized spacial score (nSPS) is 21.6. The summed E-state index contributed by atoms with van der Waals surface area (Å²) in [4.78, 5) is 24.8. The van der Waals surface area contributed by atoms with Gasteiger partial charge in [-0.15, -0.1) is 10.2 Å². The molecule has 2 aliphatic rings. The van der Waals surface area contributed by atoms with Crippen LogP contribution in [0.25, 0.3) is 17.1 Å².